The number of hydrogen-bond donors (Lipinski definition) is 0. The number of hydrogen-bond acceptors (Lipinski definition) is 3. The van der Waals surface area contributed by atoms with Crippen LogP contribution in [0.2, 0.25) is 0 Å². The fourth-order valence-electron chi connectivity index (χ4n) is 8.86. The molecule has 0 radical (unpaired) electrons. The summed E-state index contributed by atoms with van der Waals surface area (Å²) < 4.78 is 11.3. The second-order valence-corrected chi connectivity index (χ2v) is 15.3. The highest BCUT2D eigenvalue weighted by Crippen LogP contribution is 2.50. The summed E-state index contributed by atoms with van der Waals surface area (Å²) in [6.45, 7) is 0. The highest BCUT2D eigenvalue weighted by Gasteiger charge is 2.39. The standard InChI is InChI=1S/C49H31N3OS/c1-3-11-30(12-4-1)31-21-25-45-39(27-31)47-46(53-45)26-24-40-48(47)54-49(50-40)52-42-18-10-8-16-36(42)38-23-20-33(29-44(38)52)32-19-22-37-35-15-7-9-17-41(35)51(43(37)28-32)34-13-5-2-6-14-34/h1-29,46-47H. The smallest absolute Gasteiger partial charge is 0.195 e. The van der Waals surface area contributed by atoms with Crippen molar-refractivity contribution in [3.05, 3.63) is 186 Å². The molecule has 254 valence electrons. The van der Waals surface area contributed by atoms with Crippen molar-refractivity contribution in [2.45, 2.75) is 12.0 Å². The van der Waals surface area contributed by atoms with Crippen molar-refractivity contribution in [3.63, 3.8) is 0 Å². The third kappa shape index (κ3) is 4.33. The van der Waals surface area contributed by atoms with Crippen molar-refractivity contribution in [2.75, 3.05) is 0 Å². The molecule has 2 unspecified atom stereocenters. The van der Waals surface area contributed by atoms with Gasteiger partial charge in [0.1, 0.15) is 11.9 Å². The Bertz CT molecular complexity index is 3150. The van der Waals surface area contributed by atoms with Gasteiger partial charge in [-0.15, -0.1) is 0 Å². The van der Waals surface area contributed by atoms with Gasteiger partial charge >= 0.3 is 0 Å². The summed E-state index contributed by atoms with van der Waals surface area (Å²) in [5.41, 5.74) is 12.9. The fourth-order valence-corrected chi connectivity index (χ4v) is 10.1. The number of fused-ring (bicyclic) bond motifs is 11. The van der Waals surface area contributed by atoms with Gasteiger partial charge in [-0.3, -0.25) is 4.57 Å². The van der Waals surface area contributed by atoms with Gasteiger partial charge in [0.25, 0.3) is 0 Å². The van der Waals surface area contributed by atoms with Gasteiger partial charge in [0.2, 0.25) is 0 Å². The predicted octanol–water partition coefficient (Wildman–Crippen LogP) is 12.6. The van der Waals surface area contributed by atoms with Crippen LogP contribution in [0.4, 0.5) is 0 Å². The Morgan fingerprint density at radius 1 is 0.500 bits per heavy atom. The molecule has 3 aromatic heterocycles. The molecule has 0 saturated heterocycles. The highest BCUT2D eigenvalue weighted by molar-refractivity contribution is 7.14. The van der Waals surface area contributed by atoms with Crippen LogP contribution < -0.4 is 4.74 Å². The van der Waals surface area contributed by atoms with E-state index in [1.54, 1.807) is 11.3 Å². The molecule has 2 atom stereocenters. The van der Waals surface area contributed by atoms with E-state index in [2.05, 4.69) is 185 Å². The molecule has 2 aliphatic rings. The Morgan fingerprint density at radius 3 is 1.80 bits per heavy atom. The number of para-hydroxylation sites is 3. The van der Waals surface area contributed by atoms with E-state index < -0.39 is 0 Å². The molecule has 10 aromatic rings. The molecule has 4 heterocycles. The number of rotatable bonds is 4. The first-order valence-electron chi connectivity index (χ1n) is 18.4. The molecule has 0 bridgehead atoms. The number of thiazole rings is 1. The molecule has 7 aromatic carbocycles. The van der Waals surface area contributed by atoms with Crippen molar-refractivity contribution in [2.24, 2.45) is 0 Å². The molecule has 4 nitrogen and oxygen atoms in total. The van der Waals surface area contributed by atoms with E-state index in [0.717, 1.165) is 33.3 Å². The van der Waals surface area contributed by atoms with Gasteiger partial charge in [0.05, 0.1) is 33.7 Å². The van der Waals surface area contributed by atoms with E-state index in [4.69, 9.17) is 9.72 Å². The minimum atomic E-state index is -0.0435. The largest absolute Gasteiger partial charge is 0.485 e. The van der Waals surface area contributed by atoms with Crippen molar-refractivity contribution >= 4 is 61.0 Å². The second kappa shape index (κ2) is 11.4. The zero-order valence-electron chi connectivity index (χ0n) is 29.1. The third-order valence-electron chi connectivity index (χ3n) is 11.3. The lowest BCUT2D eigenvalue weighted by molar-refractivity contribution is 0.268. The quantitative estimate of drug-likeness (QED) is 0.182. The molecule has 12 rings (SSSR count). The number of ether oxygens (including phenoxy) is 1. The molecule has 0 fully saturated rings. The van der Waals surface area contributed by atoms with Gasteiger partial charge < -0.3 is 9.30 Å². The Labute approximate surface area is 315 Å². The summed E-state index contributed by atoms with van der Waals surface area (Å²) in [5.74, 6) is 1.06. The minimum Gasteiger partial charge on any atom is -0.485 e. The first-order chi connectivity index (χ1) is 26.8. The van der Waals surface area contributed by atoms with E-state index >= 15 is 0 Å². The molecule has 5 heteroatoms. The average Bonchev–Trinajstić information content (AvgIpc) is 3.99. The lowest BCUT2D eigenvalue weighted by Crippen LogP contribution is -2.19. The normalized spacial score (nSPS) is 15.9. The van der Waals surface area contributed by atoms with Gasteiger partial charge in [-0.05, 0) is 82.9 Å². The van der Waals surface area contributed by atoms with E-state index in [1.165, 1.54) is 65.3 Å². The number of benzene rings is 7. The molecule has 1 aliphatic heterocycles. The van der Waals surface area contributed by atoms with Gasteiger partial charge in [0.15, 0.2) is 5.13 Å². The van der Waals surface area contributed by atoms with E-state index in [1.807, 2.05) is 0 Å². The zero-order valence-corrected chi connectivity index (χ0v) is 29.9. The number of nitrogens with zero attached hydrogens (tertiary/aromatic N) is 3. The molecule has 0 N–H and O–H groups in total. The van der Waals surface area contributed by atoms with E-state index in [9.17, 15) is 0 Å². The van der Waals surface area contributed by atoms with Crippen molar-refractivity contribution in [1.29, 1.82) is 0 Å². The van der Waals surface area contributed by atoms with Gasteiger partial charge in [0, 0.05) is 37.7 Å². The minimum absolute atomic E-state index is 0.0435. The van der Waals surface area contributed by atoms with Crippen LogP contribution in [0.3, 0.4) is 0 Å². The SMILES string of the molecule is C1=CC2Oc3ccc(-c4ccccc4)cc3C2c2sc(-n3c4ccccc4c4ccc(-c5ccc6c7ccccc7n(-c7ccccc7)c6c5)cc43)nc21. The molecular weight excluding hydrogens is 679 g/mol. The summed E-state index contributed by atoms with van der Waals surface area (Å²) in [5, 5.41) is 5.93. The third-order valence-corrected chi connectivity index (χ3v) is 12.5. The van der Waals surface area contributed by atoms with Crippen LogP contribution in [-0.2, 0) is 0 Å². The van der Waals surface area contributed by atoms with Gasteiger partial charge in [-0.2, -0.15) is 0 Å². The maximum absolute atomic E-state index is 6.53. The first-order valence-corrected chi connectivity index (χ1v) is 19.3. The van der Waals surface area contributed by atoms with Gasteiger partial charge in [-0.1, -0.05) is 127 Å². The van der Waals surface area contributed by atoms with Crippen molar-refractivity contribution in [3.8, 4) is 38.8 Å². The first kappa shape index (κ1) is 29.8. The summed E-state index contributed by atoms with van der Waals surface area (Å²) in [6.07, 6.45) is 4.30. The fraction of sp³-hybridized carbons (Fsp3) is 0.0408. The van der Waals surface area contributed by atoms with Crippen LogP contribution in [0.25, 0.3) is 82.8 Å². The Balaban J connectivity index is 1.02. The van der Waals surface area contributed by atoms with Crippen molar-refractivity contribution < 1.29 is 4.74 Å². The predicted molar refractivity (Wildman–Crippen MR) is 223 cm³/mol. The maximum Gasteiger partial charge on any atom is 0.195 e. The molecular formula is C49H31N3OS. The van der Waals surface area contributed by atoms with Gasteiger partial charge in [-0.25, -0.2) is 4.98 Å². The van der Waals surface area contributed by atoms with Crippen LogP contribution >= 0.6 is 11.3 Å². The lowest BCUT2D eigenvalue weighted by atomic mass is 9.88. The highest BCUT2D eigenvalue weighted by atomic mass is 32.1. The van der Waals surface area contributed by atoms with Crippen LogP contribution in [0, 0.1) is 0 Å². The van der Waals surface area contributed by atoms with Crippen molar-refractivity contribution in [1.82, 2.24) is 14.1 Å². The molecule has 0 spiro atoms. The Morgan fingerprint density at radius 2 is 1.07 bits per heavy atom. The molecule has 0 amide bonds. The van der Waals surface area contributed by atoms with Crippen LogP contribution in [0.15, 0.2) is 170 Å². The van der Waals surface area contributed by atoms with Crippen LogP contribution in [0.1, 0.15) is 22.1 Å². The second-order valence-electron chi connectivity index (χ2n) is 14.3. The average molecular weight is 710 g/mol. The monoisotopic (exact) mass is 709 g/mol. The summed E-state index contributed by atoms with van der Waals surface area (Å²) in [6, 6.07) is 59.1. The summed E-state index contributed by atoms with van der Waals surface area (Å²) in [7, 11) is 0. The lowest BCUT2D eigenvalue weighted by Gasteiger charge is -2.18. The van der Waals surface area contributed by atoms with Crippen LogP contribution in [-0.4, -0.2) is 20.2 Å². The Hall–Kier alpha value is -6.69. The summed E-state index contributed by atoms with van der Waals surface area (Å²) in [4.78, 5) is 6.61. The van der Waals surface area contributed by atoms with Crippen LogP contribution in [0.5, 0.6) is 5.75 Å². The van der Waals surface area contributed by atoms with E-state index in [0.29, 0.717) is 0 Å². The summed E-state index contributed by atoms with van der Waals surface area (Å²) >= 11 is 1.79. The zero-order chi connectivity index (χ0) is 35.3. The van der Waals surface area contributed by atoms with E-state index in [-0.39, 0.29) is 12.0 Å². The maximum atomic E-state index is 6.53. The molecule has 1 aliphatic carbocycles. The number of aromatic nitrogens is 3. The Kier molecular flexibility index (Phi) is 6.30. The topological polar surface area (TPSA) is 32.0 Å². The molecule has 54 heavy (non-hydrogen) atoms. The molecule has 0 saturated carbocycles.